The number of carbonyl (C=O) groups excluding carboxylic acids is 1. The molecule has 1 N–H and O–H groups in total. The molecule has 37 heavy (non-hydrogen) atoms. The first-order valence-corrected chi connectivity index (χ1v) is 11.6. The third-order valence-corrected chi connectivity index (χ3v) is 5.68. The number of hydrogen-bond donors (Lipinski definition) is 1. The molecule has 0 unspecified atom stereocenters. The van der Waals surface area contributed by atoms with Gasteiger partial charge < -0.3 is 14.6 Å². The van der Waals surface area contributed by atoms with E-state index in [-0.39, 0.29) is 24.6 Å². The maximum atomic E-state index is 14.5. The highest BCUT2D eigenvalue weighted by atomic mass is 19.1. The molecular weight excluding hydrogens is 481 g/mol. The number of aliphatic hydroxyl groups is 1. The summed E-state index contributed by atoms with van der Waals surface area (Å²) in [5.74, 6) is -0.323. The van der Waals surface area contributed by atoms with Crippen LogP contribution < -0.4 is 20.1 Å². The number of ether oxygens (including phenoxy) is 2. The Hall–Kier alpha value is -4.51. The van der Waals surface area contributed by atoms with E-state index in [2.05, 4.69) is 10.4 Å². The number of aromatic nitrogens is 4. The second-order valence-electron chi connectivity index (χ2n) is 7.95. The zero-order valence-electron chi connectivity index (χ0n) is 20.4. The lowest BCUT2D eigenvalue weighted by atomic mass is 10.1. The minimum Gasteiger partial charge on any atom is -0.494 e. The van der Waals surface area contributed by atoms with Gasteiger partial charge in [-0.2, -0.15) is 4.68 Å². The summed E-state index contributed by atoms with van der Waals surface area (Å²) in [5.41, 5.74) is 0.744. The fourth-order valence-electron chi connectivity index (χ4n) is 3.81. The normalized spacial score (nSPS) is 10.8. The number of carbonyl (C=O) groups is 1. The third kappa shape index (κ3) is 5.36. The van der Waals surface area contributed by atoms with E-state index in [4.69, 9.17) is 9.47 Å². The van der Waals surface area contributed by atoms with Gasteiger partial charge in [-0.3, -0.25) is 4.90 Å². The molecule has 11 heteroatoms. The van der Waals surface area contributed by atoms with E-state index in [9.17, 15) is 19.1 Å². The quantitative estimate of drug-likeness (QED) is 0.346. The van der Waals surface area contributed by atoms with Crippen LogP contribution in [0.5, 0.6) is 11.5 Å². The van der Waals surface area contributed by atoms with Crippen LogP contribution in [0.2, 0.25) is 0 Å². The van der Waals surface area contributed by atoms with Crippen LogP contribution in [0.4, 0.5) is 14.9 Å². The van der Waals surface area contributed by atoms with Crippen molar-refractivity contribution >= 4 is 11.7 Å². The second kappa shape index (κ2) is 11.5. The van der Waals surface area contributed by atoms with Crippen LogP contribution in [0.3, 0.4) is 0 Å². The Morgan fingerprint density at radius 1 is 1.03 bits per heavy atom. The maximum absolute atomic E-state index is 14.5. The number of rotatable bonds is 9. The topological polar surface area (TPSA) is 112 Å². The Labute approximate surface area is 212 Å². The van der Waals surface area contributed by atoms with Gasteiger partial charge in [-0.25, -0.2) is 14.0 Å². The molecule has 4 rings (SSSR count). The van der Waals surface area contributed by atoms with Crippen LogP contribution in [0.25, 0.3) is 5.69 Å². The number of tetrazole rings is 1. The lowest BCUT2D eigenvalue weighted by molar-refractivity contribution is 0.243. The van der Waals surface area contributed by atoms with Crippen molar-refractivity contribution in [2.24, 2.45) is 0 Å². The molecule has 0 saturated heterocycles. The van der Waals surface area contributed by atoms with Crippen molar-refractivity contribution in [3.05, 3.63) is 94.2 Å². The monoisotopic (exact) mass is 507 g/mol. The molecule has 4 aromatic rings. The summed E-state index contributed by atoms with van der Waals surface area (Å²) < 4.78 is 26.9. The standard InChI is InChI=1S/C26H26FN5O5/c1-3-30(21-16-19(17-33)12-13-22(21)37-15-14-18-8-5-4-6-9-18)25(34)32-26(35)31(28-29-32)24-20(27)10-7-11-23(24)36-2/h4-13,16,33H,3,14-15,17H2,1-2H3. The van der Waals surface area contributed by atoms with Crippen LogP contribution in [-0.4, -0.2) is 51.2 Å². The molecule has 0 aliphatic rings. The molecule has 0 radical (unpaired) electrons. The summed E-state index contributed by atoms with van der Waals surface area (Å²) in [7, 11) is 1.32. The van der Waals surface area contributed by atoms with Crippen molar-refractivity contribution in [3.8, 4) is 17.2 Å². The molecule has 0 spiro atoms. The molecular formula is C26H26FN5O5. The van der Waals surface area contributed by atoms with Crippen molar-refractivity contribution in [1.29, 1.82) is 0 Å². The number of halogens is 1. The lowest BCUT2D eigenvalue weighted by Crippen LogP contribution is -2.41. The fourth-order valence-corrected chi connectivity index (χ4v) is 3.81. The molecule has 0 aliphatic carbocycles. The molecule has 0 atom stereocenters. The first-order chi connectivity index (χ1) is 18.0. The molecule has 1 amide bonds. The van der Waals surface area contributed by atoms with Crippen LogP contribution in [0.1, 0.15) is 18.1 Å². The molecule has 0 saturated carbocycles. The molecule has 3 aromatic carbocycles. The average Bonchev–Trinajstić information content (AvgIpc) is 3.30. The van der Waals surface area contributed by atoms with Crippen LogP contribution in [0, 0.1) is 5.82 Å². The smallest absolute Gasteiger partial charge is 0.377 e. The Bertz CT molecular complexity index is 1440. The van der Waals surface area contributed by atoms with Gasteiger partial charge in [-0.1, -0.05) is 42.5 Å². The summed E-state index contributed by atoms with van der Waals surface area (Å²) in [5, 5.41) is 17.1. The van der Waals surface area contributed by atoms with Crippen molar-refractivity contribution in [3.63, 3.8) is 0 Å². The summed E-state index contributed by atoms with van der Waals surface area (Å²) in [6.45, 7) is 1.94. The van der Waals surface area contributed by atoms with Crippen molar-refractivity contribution in [2.45, 2.75) is 20.0 Å². The summed E-state index contributed by atoms with van der Waals surface area (Å²) >= 11 is 0. The number of aliphatic hydroxyl groups excluding tert-OH is 1. The summed E-state index contributed by atoms with van der Waals surface area (Å²) in [6, 6.07) is 17.9. The fraction of sp³-hybridized carbons (Fsp3) is 0.231. The van der Waals surface area contributed by atoms with E-state index >= 15 is 0 Å². The SMILES string of the molecule is CCN(C(=O)n1nnn(-c2c(F)cccc2OC)c1=O)c1cc(CO)ccc1OCCc1ccccc1. The van der Waals surface area contributed by atoms with Gasteiger partial charge in [-0.15, -0.1) is 4.68 Å². The van der Waals surface area contributed by atoms with Gasteiger partial charge in [0.15, 0.2) is 5.82 Å². The number of nitrogens with zero attached hydrogens (tertiary/aromatic N) is 5. The number of anilines is 1. The van der Waals surface area contributed by atoms with Crippen molar-refractivity contribution in [1.82, 2.24) is 19.8 Å². The van der Waals surface area contributed by atoms with Crippen LogP contribution in [-0.2, 0) is 13.0 Å². The maximum Gasteiger partial charge on any atom is 0.377 e. The first kappa shape index (κ1) is 25.6. The Morgan fingerprint density at radius 3 is 2.51 bits per heavy atom. The van der Waals surface area contributed by atoms with E-state index in [1.165, 1.54) is 24.1 Å². The van der Waals surface area contributed by atoms with Gasteiger partial charge in [0.2, 0.25) is 0 Å². The second-order valence-corrected chi connectivity index (χ2v) is 7.95. The highest BCUT2D eigenvalue weighted by Gasteiger charge is 2.26. The van der Waals surface area contributed by atoms with E-state index in [1.807, 2.05) is 30.3 Å². The number of hydrogen-bond acceptors (Lipinski definition) is 7. The minimum atomic E-state index is -0.975. The van der Waals surface area contributed by atoms with Gasteiger partial charge >= 0.3 is 11.7 Å². The average molecular weight is 508 g/mol. The minimum absolute atomic E-state index is 0.0543. The van der Waals surface area contributed by atoms with Gasteiger partial charge in [0, 0.05) is 13.0 Å². The summed E-state index contributed by atoms with van der Waals surface area (Å²) in [6.07, 6.45) is 0.639. The van der Waals surface area contributed by atoms with Crippen LogP contribution in [0.15, 0.2) is 71.5 Å². The number of para-hydroxylation sites is 1. The predicted octanol–water partition coefficient (Wildman–Crippen LogP) is 3.19. The van der Waals surface area contributed by atoms with E-state index in [1.54, 1.807) is 25.1 Å². The Balaban J connectivity index is 1.66. The molecule has 192 valence electrons. The van der Waals surface area contributed by atoms with Gasteiger partial charge in [-0.05, 0) is 52.7 Å². The van der Waals surface area contributed by atoms with Crippen molar-refractivity contribution in [2.75, 3.05) is 25.2 Å². The van der Waals surface area contributed by atoms with Gasteiger partial charge in [0.1, 0.15) is 17.2 Å². The number of methoxy groups -OCH3 is 1. The zero-order chi connectivity index (χ0) is 26.4. The summed E-state index contributed by atoms with van der Waals surface area (Å²) in [4.78, 5) is 27.8. The molecule has 1 aromatic heterocycles. The van der Waals surface area contributed by atoms with E-state index in [0.717, 1.165) is 11.6 Å². The highest BCUT2D eigenvalue weighted by molar-refractivity contribution is 5.94. The highest BCUT2D eigenvalue weighted by Crippen LogP contribution is 2.31. The first-order valence-electron chi connectivity index (χ1n) is 11.6. The number of amides is 1. The number of benzene rings is 3. The molecule has 0 fully saturated rings. The molecule has 0 aliphatic heterocycles. The molecule has 10 nitrogen and oxygen atoms in total. The van der Waals surface area contributed by atoms with Crippen LogP contribution >= 0.6 is 0 Å². The Kier molecular flexibility index (Phi) is 7.94. The van der Waals surface area contributed by atoms with Crippen molar-refractivity contribution < 1.29 is 23.8 Å². The van der Waals surface area contributed by atoms with E-state index < -0.39 is 17.5 Å². The lowest BCUT2D eigenvalue weighted by Gasteiger charge is -2.23. The van der Waals surface area contributed by atoms with Gasteiger partial charge in [0.25, 0.3) is 0 Å². The zero-order valence-corrected chi connectivity index (χ0v) is 20.4. The Morgan fingerprint density at radius 2 is 1.81 bits per heavy atom. The predicted molar refractivity (Wildman–Crippen MR) is 134 cm³/mol. The van der Waals surface area contributed by atoms with E-state index in [0.29, 0.717) is 39.4 Å². The third-order valence-electron chi connectivity index (χ3n) is 5.68. The molecule has 0 bridgehead atoms. The van der Waals surface area contributed by atoms with Gasteiger partial charge in [0.05, 0.1) is 26.0 Å². The molecule has 1 heterocycles. The largest absolute Gasteiger partial charge is 0.494 e.